The van der Waals surface area contributed by atoms with Crippen LogP contribution in [0.25, 0.3) is 0 Å². The van der Waals surface area contributed by atoms with E-state index in [9.17, 15) is 13.2 Å². The van der Waals surface area contributed by atoms with E-state index >= 15 is 0 Å². The highest BCUT2D eigenvalue weighted by molar-refractivity contribution is 7.93. The number of aromatic nitrogens is 4. The molecule has 0 bridgehead atoms. The molecule has 0 spiro atoms. The van der Waals surface area contributed by atoms with E-state index in [1.54, 1.807) is 41.1 Å². The number of rotatable bonds is 5. The van der Waals surface area contributed by atoms with Crippen molar-refractivity contribution in [3.8, 4) is 0 Å². The first kappa shape index (κ1) is 18.1. The Labute approximate surface area is 162 Å². The number of tetrazole rings is 1. The van der Waals surface area contributed by atoms with Crippen LogP contribution in [0.5, 0.6) is 0 Å². The predicted octanol–water partition coefficient (Wildman–Crippen LogP) is 1.51. The number of sulfonamides is 1. The lowest BCUT2D eigenvalue weighted by atomic mass is 10.1. The number of amides is 1. The molecule has 1 aliphatic rings. The second kappa shape index (κ2) is 7.39. The van der Waals surface area contributed by atoms with Crippen molar-refractivity contribution < 1.29 is 13.2 Å². The van der Waals surface area contributed by atoms with Gasteiger partial charge in [0, 0.05) is 17.8 Å². The summed E-state index contributed by atoms with van der Waals surface area (Å²) in [5.41, 5.74) is 2.71. The third-order valence-corrected chi connectivity index (χ3v) is 6.33. The molecular weight excluding hydrogens is 380 g/mol. The number of anilines is 2. The Morgan fingerprint density at radius 2 is 1.82 bits per heavy atom. The van der Waals surface area contributed by atoms with Gasteiger partial charge in [0.15, 0.2) is 0 Å². The van der Waals surface area contributed by atoms with Crippen molar-refractivity contribution in [1.29, 1.82) is 0 Å². The zero-order valence-corrected chi connectivity index (χ0v) is 15.7. The van der Waals surface area contributed by atoms with Gasteiger partial charge in [0.05, 0.1) is 18.0 Å². The van der Waals surface area contributed by atoms with E-state index in [1.807, 2.05) is 12.1 Å². The highest BCUT2D eigenvalue weighted by atomic mass is 32.2. The molecule has 0 saturated carbocycles. The Morgan fingerprint density at radius 3 is 2.43 bits per heavy atom. The zero-order valence-electron chi connectivity index (χ0n) is 14.9. The first-order valence-corrected chi connectivity index (χ1v) is 10.3. The molecule has 1 aromatic heterocycles. The van der Waals surface area contributed by atoms with E-state index in [0.717, 1.165) is 5.56 Å². The summed E-state index contributed by atoms with van der Waals surface area (Å²) in [5.74, 6) is -0.0648. The largest absolute Gasteiger partial charge is 0.322 e. The molecule has 0 atom stereocenters. The number of nitrogens with zero attached hydrogens (tertiary/aromatic N) is 5. The minimum Gasteiger partial charge on any atom is -0.322 e. The van der Waals surface area contributed by atoms with Gasteiger partial charge in [-0.25, -0.2) is 13.1 Å². The van der Waals surface area contributed by atoms with Gasteiger partial charge in [-0.1, -0.05) is 12.1 Å². The molecule has 1 amide bonds. The highest BCUT2D eigenvalue weighted by Gasteiger charge is 2.28. The molecule has 0 aliphatic carbocycles. The molecule has 1 N–H and O–H groups in total. The number of nitrogens with one attached hydrogen (secondary N) is 1. The van der Waals surface area contributed by atoms with Crippen LogP contribution in [0, 0.1) is 0 Å². The lowest BCUT2D eigenvalue weighted by molar-refractivity contribution is 0.102. The van der Waals surface area contributed by atoms with Crippen molar-refractivity contribution in [3.05, 3.63) is 66.0 Å². The Kier molecular flexibility index (Phi) is 4.78. The molecule has 2 aromatic carbocycles. The molecule has 2 heterocycles. The quantitative estimate of drug-likeness (QED) is 0.698. The topological polar surface area (TPSA) is 110 Å². The summed E-state index contributed by atoms with van der Waals surface area (Å²) >= 11 is 0. The van der Waals surface area contributed by atoms with Crippen LogP contribution >= 0.6 is 0 Å². The van der Waals surface area contributed by atoms with Crippen LogP contribution < -0.4 is 9.62 Å². The molecule has 4 rings (SSSR count). The third kappa shape index (κ3) is 3.86. The predicted molar refractivity (Wildman–Crippen MR) is 104 cm³/mol. The molecule has 1 saturated heterocycles. The van der Waals surface area contributed by atoms with Gasteiger partial charge in [-0.3, -0.25) is 9.10 Å². The van der Waals surface area contributed by atoms with Crippen LogP contribution in [0.1, 0.15) is 22.3 Å². The van der Waals surface area contributed by atoms with E-state index in [4.69, 9.17) is 0 Å². The molecule has 0 unspecified atom stereocenters. The summed E-state index contributed by atoms with van der Waals surface area (Å²) < 4.78 is 27.0. The van der Waals surface area contributed by atoms with E-state index < -0.39 is 10.0 Å². The molecule has 28 heavy (non-hydrogen) atoms. The van der Waals surface area contributed by atoms with Gasteiger partial charge >= 0.3 is 0 Å². The number of carbonyl (C=O) groups excluding carboxylic acids is 1. The van der Waals surface area contributed by atoms with Crippen LogP contribution in [-0.4, -0.2) is 46.8 Å². The van der Waals surface area contributed by atoms with Gasteiger partial charge in [0.2, 0.25) is 10.0 Å². The fourth-order valence-electron chi connectivity index (χ4n) is 3.05. The first-order chi connectivity index (χ1) is 13.5. The summed E-state index contributed by atoms with van der Waals surface area (Å²) in [7, 11) is -3.21. The number of hydrogen-bond donors (Lipinski definition) is 1. The molecular formula is C18H18N6O3S. The lowest BCUT2D eigenvalue weighted by Gasteiger charge is -2.17. The molecule has 0 radical (unpaired) electrons. The standard InChI is InChI=1S/C18H18N6O3S/c25-18(15-4-2-14(3-5-15)12-23-13-19-21-22-23)20-16-6-8-17(9-7-16)24-10-1-11-28(24,26)27/h2-9,13H,1,10-12H2,(H,20,25). The summed E-state index contributed by atoms with van der Waals surface area (Å²) in [4.78, 5) is 12.4. The first-order valence-electron chi connectivity index (χ1n) is 8.73. The van der Waals surface area contributed by atoms with Crippen molar-refractivity contribution in [3.63, 3.8) is 0 Å². The Balaban J connectivity index is 1.40. The van der Waals surface area contributed by atoms with Crippen LogP contribution in [-0.2, 0) is 16.6 Å². The second-order valence-electron chi connectivity index (χ2n) is 6.45. The zero-order chi connectivity index (χ0) is 19.6. The van der Waals surface area contributed by atoms with E-state index in [1.165, 1.54) is 10.6 Å². The maximum absolute atomic E-state index is 12.4. The van der Waals surface area contributed by atoms with Gasteiger partial charge in [0.25, 0.3) is 5.91 Å². The molecule has 10 heteroatoms. The minimum atomic E-state index is -3.21. The van der Waals surface area contributed by atoms with Gasteiger partial charge in [-0.2, -0.15) is 0 Å². The van der Waals surface area contributed by atoms with Crippen LogP contribution in [0.4, 0.5) is 11.4 Å². The molecule has 1 aliphatic heterocycles. The molecule has 1 fully saturated rings. The molecule has 3 aromatic rings. The van der Waals surface area contributed by atoms with Gasteiger partial charge in [0.1, 0.15) is 6.33 Å². The minimum absolute atomic E-state index is 0.176. The molecule has 9 nitrogen and oxygen atoms in total. The second-order valence-corrected chi connectivity index (χ2v) is 8.46. The average Bonchev–Trinajstić information content (AvgIpc) is 3.32. The van der Waals surface area contributed by atoms with E-state index in [2.05, 4.69) is 20.8 Å². The summed E-state index contributed by atoms with van der Waals surface area (Å²) in [6.07, 6.45) is 2.15. The fourth-order valence-corrected chi connectivity index (χ4v) is 4.61. The molecule has 144 valence electrons. The van der Waals surface area contributed by atoms with Gasteiger partial charge < -0.3 is 5.32 Å². The number of carbonyl (C=O) groups is 1. The van der Waals surface area contributed by atoms with Gasteiger partial charge in [-0.15, -0.1) is 5.10 Å². The average molecular weight is 398 g/mol. The van der Waals surface area contributed by atoms with Crippen molar-refractivity contribution in [2.75, 3.05) is 21.9 Å². The Morgan fingerprint density at radius 1 is 1.07 bits per heavy atom. The van der Waals surface area contributed by atoms with E-state index in [0.29, 0.717) is 36.4 Å². The van der Waals surface area contributed by atoms with Gasteiger partial charge in [-0.05, 0) is 58.8 Å². The Hall–Kier alpha value is -3.27. The van der Waals surface area contributed by atoms with Crippen LogP contribution in [0.15, 0.2) is 54.9 Å². The monoisotopic (exact) mass is 398 g/mol. The summed E-state index contributed by atoms with van der Waals surface area (Å²) in [5, 5.41) is 13.8. The maximum Gasteiger partial charge on any atom is 0.255 e. The van der Waals surface area contributed by atoms with Crippen LogP contribution in [0.2, 0.25) is 0 Å². The smallest absolute Gasteiger partial charge is 0.255 e. The van der Waals surface area contributed by atoms with Crippen molar-refractivity contribution in [2.24, 2.45) is 0 Å². The maximum atomic E-state index is 12.4. The summed E-state index contributed by atoms with van der Waals surface area (Å²) in [6, 6.07) is 14.0. The third-order valence-electron chi connectivity index (χ3n) is 4.46. The summed E-state index contributed by atoms with van der Waals surface area (Å²) in [6.45, 7) is 1.01. The lowest BCUT2D eigenvalue weighted by Crippen LogP contribution is -2.24. The Bertz CT molecular complexity index is 1060. The van der Waals surface area contributed by atoms with Crippen molar-refractivity contribution >= 4 is 27.3 Å². The normalized spacial score (nSPS) is 15.5. The van der Waals surface area contributed by atoms with E-state index in [-0.39, 0.29) is 11.7 Å². The van der Waals surface area contributed by atoms with Crippen molar-refractivity contribution in [1.82, 2.24) is 20.2 Å². The van der Waals surface area contributed by atoms with Crippen LogP contribution in [0.3, 0.4) is 0 Å². The SMILES string of the molecule is O=C(Nc1ccc(N2CCCS2(=O)=O)cc1)c1ccc(Cn2cnnn2)cc1. The highest BCUT2D eigenvalue weighted by Crippen LogP contribution is 2.25. The number of hydrogen-bond acceptors (Lipinski definition) is 6. The number of benzene rings is 2. The van der Waals surface area contributed by atoms with Crippen molar-refractivity contribution in [2.45, 2.75) is 13.0 Å². The fraction of sp³-hybridized carbons (Fsp3) is 0.222.